The fourth-order valence-corrected chi connectivity index (χ4v) is 4.97. The van der Waals surface area contributed by atoms with Crippen molar-refractivity contribution in [1.29, 1.82) is 10.7 Å². The molecule has 0 aliphatic rings. The van der Waals surface area contributed by atoms with Gasteiger partial charge in [0, 0.05) is 10.4 Å². The van der Waals surface area contributed by atoms with Crippen LogP contribution in [0.2, 0.25) is 5.02 Å². The lowest BCUT2D eigenvalue weighted by Crippen LogP contribution is -2.24. The van der Waals surface area contributed by atoms with Crippen LogP contribution in [-0.2, 0) is 6.54 Å². The van der Waals surface area contributed by atoms with E-state index in [2.05, 4.69) is 30.3 Å². The highest BCUT2D eigenvalue weighted by Gasteiger charge is 2.18. The quantitative estimate of drug-likeness (QED) is 0.283. The lowest BCUT2D eigenvalue weighted by molar-refractivity contribution is 0.722. The lowest BCUT2D eigenvalue weighted by atomic mass is 10.0. The van der Waals surface area contributed by atoms with Crippen molar-refractivity contribution >= 4 is 33.5 Å². The number of imidazole rings is 1. The number of halogens is 1. The average molecular weight is 500 g/mol. The van der Waals surface area contributed by atoms with Crippen molar-refractivity contribution in [2.75, 3.05) is 0 Å². The Bertz CT molecular complexity index is 1890. The summed E-state index contributed by atoms with van der Waals surface area (Å²) in [4.78, 5) is 4.77. The maximum atomic E-state index is 9.61. The van der Waals surface area contributed by atoms with Crippen LogP contribution in [0.1, 0.15) is 16.7 Å². The molecular formula is C31H22ClN5. The molecule has 2 aromatic heterocycles. The Morgan fingerprint density at radius 2 is 1.68 bits per heavy atom. The smallest absolute Gasteiger partial charge is 0.208 e. The van der Waals surface area contributed by atoms with Crippen molar-refractivity contribution in [2.24, 2.45) is 0 Å². The minimum atomic E-state index is 0.322. The maximum Gasteiger partial charge on any atom is 0.208 e. The number of aromatic nitrogens is 3. The number of hydrogen-bond acceptors (Lipinski definition) is 3. The van der Waals surface area contributed by atoms with Crippen LogP contribution in [0.3, 0.4) is 0 Å². The molecule has 5 nitrogen and oxygen atoms in total. The van der Waals surface area contributed by atoms with Gasteiger partial charge in [0.15, 0.2) is 0 Å². The van der Waals surface area contributed by atoms with E-state index in [9.17, 15) is 10.7 Å². The van der Waals surface area contributed by atoms with E-state index in [-0.39, 0.29) is 0 Å². The van der Waals surface area contributed by atoms with E-state index in [1.54, 1.807) is 0 Å². The number of aryl methyl sites for hydroxylation is 1. The van der Waals surface area contributed by atoms with Gasteiger partial charge in [-0.15, -0.1) is 0 Å². The Kier molecular flexibility index (Phi) is 5.60. The SMILES string of the molecule is Cc1ccc(C#N)cc1-n1c(=N)n(Cc2ccccc2)c2cnc3ccc(-c4ccc(Cl)cc4)cc3c21. The van der Waals surface area contributed by atoms with Gasteiger partial charge in [-0.3, -0.25) is 15.0 Å². The van der Waals surface area contributed by atoms with Crippen LogP contribution < -0.4 is 5.62 Å². The largest absolute Gasteiger partial charge is 0.304 e. The van der Waals surface area contributed by atoms with Crippen LogP contribution >= 0.6 is 11.6 Å². The van der Waals surface area contributed by atoms with Crippen molar-refractivity contribution in [3.05, 3.63) is 125 Å². The maximum absolute atomic E-state index is 9.61. The Morgan fingerprint density at radius 1 is 0.919 bits per heavy atom. The van der Waals surface area contributed by atoms with Gasteiger partial charge >= 0.3 is 0 Å². The monoisotopic (exact) mass is 499 g/mol. The molecule has 0 amide bonds. The van der Waals surface area contributed by atoms with E-state index in [1.165, 1.54) is 0 Å². The molecule has 0 saturated heterocycles. The zero-order valence-electron chi connectivity index (χ0n) is 20.1. The number of rotatable bonds is 4. The predicted molar refractivity (Wildman–Crippen MR) is 148 cm³/mol. The molecule has 6 heteroatoms. The molecule has 1 N–H and O–H groups in total. The Hall–Kier alpha value is -4.66. The van der Waals surface area contributed by atoms with E-state index < -0.39 is 0 Å². The molecule has 2 heterocycles. The molecule has 0 bridgehead atoms. The highest BCUT2D eigenvalue weighted by atomic mass is 35.5. The first kappa shape index (κ1) is 22.8. The third-order valence-corrected chi connectivity index (χ3v) is 6.99. The van der Waals surface area contributed by atoms with E-state index >= 15 is 0 Å². The van der Waals surface area contributed by atoms with E-state index in [1.807, 2.05) is 89.0 Å². The summed E-state index contributed by atoms with van der Waals surface area (Å²) in [5.74, 6) is 0. The number of nitrogens with zero attached hydrogens (tertiary/aromatic N) is 4. The van der Waals surface area contributed by atoms with Crippen molar-refractivity contribution in [1.82, 2.24) is 14.1 Å². The molecule has 0 unspecified atom stereocenters. The molecule has 6 aromatic rings. The van der Waals surface area contributed by atoms with Crippen molar-refractivity contribution in [3.63, 3.8) is 0 Å². The van der Waals surface area contributed by atoms with Gasteiger partial charge in [0.25, 0.3) is 0 Å². The Labute approximate surface area is 219 Å². The Morgan fingerprint density at radius 3 is 2.43 bits per heavy atom. The van der Waals surface area contributed by atoms with Crippen molar-refractivity contribution in [3.8, 4) is 22.9 Å². The summed E-state index contributed by atoms with van der Waals surface area (Å²) in [6.45, 7) is 2.54. The summed E-state index contributed by atoms with van der Waals surface area (Å²) >= 11 is 6.13. The molecular weight excluding hydrogens is 478 g/mol. The molecule has 0 fully saturated rings. The second-order valence-electron chi connectivity index (χ2n) is 9.07. The lowest BCUT2D eigenvalue weighted by Gasteiger charge is -2.11. The summed E-state index contributed by atoms with van der Waals surface area (Å²) < 4.78 is 3.93. The first-order chi connectivity index (χ1) is 18.0. The summed E-state index contributed by atoms with van der Waals surface area (Å²) in [6.07, 6.45) is 1.85. The molecule has 0 aliphatic heterocycles. The molecule has 0 spiro atoms. The van der Waals surface area contributed by atoms with Crippen LogP contribution in [0, 0.1) is 23.7 Å². The molecule has 0 saturated carbocycles. The van der Waals surface area contributed by atoms with Crippen LogP contribution in [0.5, 0.6) is 0 Å². The second-order valence-corrected chi connectivity index (χ2v) is 9.51. The number of fused-ring (bicyclic) bond motifs is 3. The van der Waals surface area contributed by atoms with Crippen LogP contribution in [0.25, 0.3) is 38.8 Å². The fraction of sp³-hybridized carbons (Fsp3) is 0.0645. The van der Waals surface area contributed by atoms with Crippen LogP contribution in [0.4, 0.5) is 0 Å². The standard InChI is InChI=1S/C31H22ClN5/c1-20-7-8-22(17-33)15-28(20)37-30-26-16-24(23-9-12-25(32)13-10-23)11-14-27(26)35-18-29(30)36(31(37)34)19-21-5-3-2-4-6-21/h2-16,18,34H,19H2,1H3. The number of nitrogens with one attached hydrogen (secondary N) is 1. The van der Waals surface area contributed by atoms with Gasteiger partial charge in [-0.25, -0.2) is 0 Å². The van der Waals surface area contributed by atoms with E-state index in [0.717, 1.165) is 49.9 Å². The van der Waals surface area contributed by atoms with Gasteiger partial charge in [0.05, 0.1) is 46.6 Å². The topological polar surface area (TPSA) is 70.4 Å². The first-order valence-electron chi connectivity index (χ1n) is 11.9. The summed E-state index contributed by atoms with van der Waals surface area (Å²) in [7, 11) is 0. The van der Waals surface area contributed by atoms with Gasteiger partial charge in [0.2, 0.25) is 5.62 Å². The van der Waals surface area contributed by atoms with Crippen molar-refractivity contribution < 1.29 is 0 Å². The third kappa shape index (κ3) is 3.98. The number of pyridine rings is 1. The minimum Gasteiger partial charge on any atom is -0.304 e. The van der Waals surface area contributed by atoms with Crippen molar-refractivity contribution in [2.45, 2.75) is 13.5 Å². The number of benzene rings is 4. The molecule has 0 aliphatic carbocycles. The summed E-state index contributed by atoms with van der Waals surface area (Å²) in [5, 5.41) is 20.5. The van der Waals surface area contributed by atoms with Gasteiger partial charge < -0.3 is 4.57 Å². The molecule has 4 aromatic carbocycles. The predicted octanol–water partition coefficient (Wildman–Crippen LogP) is 7.01. The number of hydrogen-bond donors (Lipinski definition) is 1. The fourth-order valence-electron chi connectivity index (χ4n) is 4.84. The zero-order chi connectivity index (χ0) is 25.5. The minimum absolute atomic E-state index is 0.322. The van der Waals surface area contributed by atoms with Gasteiger partial charge in [-0.2, -0.15) is 5.26 Å². The first-order valence-corrected chi connectivity index (χ1v) is 12.3. The second kappa shape index (κ2) is 9.09. The van der Waals surface area contributed by atoms with Gasteiger partial charge in [-0.05, 0) is 65.6 Å². The van der Waals surface area contributed by atoms with Crippen LogP contribution in [0.15, 0.2) is 97.2 Å². The molecule has 0 radical (unpaired) electrons. The van der Waals surface area contributed by atoms with Crippen LogP contribution in [-0.4, -0.2) is 14.1 Å². The average Bonchev–Trinajstić information content (AvgIpc) is 3.21. The summed E-state index contributed by atoms with van der Waals surface area (Å²) in [6, 6.07) is 31.9. The highest BCUT2D eigenvalue weighted by Crippen LogP contribution is 2.31. The molecule has 178 valence electrons. The normalized spacial score (nSPS) is 11.2. The highest BCUT2D eigenvalue weighted by molar-refractivity contribution is 6.30. The van der Waals surface area contributed by atoms with Gasteiger partial charge in [-0.1, -0.05) is 66.2 Å². The van der Waals surface area contributed by atoms with Gasteiger partial charge in [0.1, 0.15) is 0 Å². The third-order valence-electron chi connectivity index (χ3n) is 6.74. The number of nitriles is 1. The molecule has 6 rings (SSSR count). The van der Waals surface area contributed by atoms with E-state index in [4.69, 9.17) is 16.6 Å². The van der Waals surface area contributed by atoms with E-state index in [0.29, 0.717) is 22.7 Å². The summed E-state index contributed by atoms with van der Waals surface area (Å²) in [5.41, 5.74) is 8.43. The Balaban J connectivity index is 1.70. The molecule has 0 atom stereocenters. The molecule has 37 heavy (non-hydrogen) atoms. The zero-order valence-corrected chi connectivity index (χ0v) is 20.9.